The first-order valence-electron chi connectivity index (χ1n) is 7.41. The molecule has 0 amide bonds. The lowest BCUT2D eigenvalue weighted by atomic mass is 10.1. The van der Waals surface area contributed by atoms with E-state index >= 15 is 0 Å². The molecule has 0 aromatic rings. The summed E-state index contributed by atoms with van der Waals surface area (Å²) in [6.07, 6.45) is 4.44. The zero-order valence-electron chi connectivity index (χ0n) is 12.0. The third-order valence-electron chi connectivity index (χ3n) is 4.03. The molecule has 0 aromatic heterocycles. The van der Waals surface area contributed by atoms with Crippen LogP contribution in [0.5, 0.6) is 0 Å². The smallest absolute Gasteiger partial charge is 0.308 e. The summed E-state index contributed by atoms with van der Waals surface area (Å²) in [5.41, 5.74) is 0. The molecule has 0 saturated carbocycles. The summed E-state index contributed by atoms with van der Waals surface area (Å²) in [5, 5.41) is 0. The van der Waals surface area contributed by atoms with Gasteiger partial charge in [0, 0.05) is 26.2 Å². The largest absolute Gasteiger partial charge is 0.469 e. The summed E-state index contributed by atoms with van der Waals surface area (Å²) in [6, 6.07) is 0. The lowest BCUT2D eigenvalue weighted by Crippen LogP contribution is -2.46. The van der Waals surface area contributed by atoms with Gasteiger partial charge in [-0.15, -0.1) is 0 Å². The van der Waals surface area contributed by atoms with Crippen molar-refractivity contribution in [3.8, 4) is 0 Å². The van der Waals surface area contributed by atoms with E-state index in [2.05, 4.69) is 9.80 Å². The summed E-state index contributed by atoms with van der Waals surface area (Å²) >= 11 is 0. The highest BCUT2D eigenvalue weighted by molar-refractivity contribution is 5.69. The normalized spacial score (nSPS) is 26.3. The lowest BCUT2D eigenvalue weighted by molar-refractivity contribution is -0.145. The van der Waals surface area contributed by atoms with Crippen LogP contribution in [0.15, 0.2) is 0 Å². The third-order valence-corrected chi connectivity index (χ3v) is 4.03. The van der Waals surface area contributed by atoms with Crippen LogP contribution in [0.4, 0.5) is 0 Å². The van der Waals surface area contributed by atoms with Crippen molar-refractivity contribution in [3.63, 3.8) is 0 Å². The second-order valence-corrected chi connectivity index (χ2v) is 5.48. The minimum absolute atomic E-state index is 0.00237. The van der Waals surface area contributed by atoms with E-state index in [9.17, 15) is 4.79 Å². The van der Waals surface area contributed by atoms with E-state index < -0.39 is 0 Å². The van der Waals surface area contributed by atoms with Crippen LogP contribution >= 0.6 is 0 Å². The van der Waals surface area contributed by atoms with Crippen molar-refractivity contribution in [2.24, 2.45) is 0 Å². The third kappa shape index (κ3) is 5.09. The summed E-state index contributed by atoms with van der Waals surface area (Å²) < 4.78 is 10.3. The van der Waals surface area contributed by atoms with Gasteiger partial charge < -0.3 is 14.4 Å². The summed E-state index contributed by atoms with van der Waals surface area (Å²) in [7, 11) is 1.43. The molecule has 2 aliphatic rings. The van der Waals surface area contributed by atoms with Crippen LogP contribution in [-0.4, -0.2) is 74.9 Å². The predicted octanol–water partition coefficient (Wildman–Crippen LogP) is 0.736. The first-order valence-corrected chi connectivity index (χ1v) is 7.41. The molecule has 0 unspecified atom stereocenters. The van der Waals surface area contributed by atoms with Crippen LogP contribution in [0.25, 0.3) is 0 Å². The van der Waals surface area contributed by atoms with E-state index in [0.717, 1.165) is 32.8 Å². The van der Waals surface area contributed by atoms with Gasteiger partial charge in [-0.25, -0.2) is 0 Å². The van der Waals surface area contributed by atoms with E-state index in [1.165, 1.54) is 39.5 Å². The Kier molecular flexibility index (Phi) is 6.07. The number of ether oxygens (including phenoxy) is 2. The van der Waals surface area contributed by atoms with Gasteiger partial charge in [0.05, 0.1) is 26.2 Å². The van der Waals surface area contributed by atoms with Crippen LogP contribution in [0.2, 0.25) is 0 Å². The Hall–Kier alpha value is -0.650. The van der Waals surface area contributed by atoms with Gasteiger partial charge in [0.25, 0.3) is 0 Å². The number of esters is 1. The number of nitrogens with zero attached hydrogens (tertiary/aromatic N) is 2. The zero-order valence-corrected chi connectivity index (χ0v) is 12.0. The molecule has 2 fully saturated rings. The van der Waals surface area contributed by atoms with Crippen molar-refractivity contribution in [2.75, 3.05) is 53.0 Å². The van der Waals surface area contributed by atoms with E-state index in [-0.39, 0.29) is 12.1 Å². The van der Waals surface area contributed by atoms with Crippen LogP contribution in [0.3, 0.4) is 0 Å². The molecule has 0 radical (unpaired) electrons. The highest BCUT2D eigenvalue weighted by atomic mass is 16.5. The number of methoxy groups -OCH3 is 1. The number of carbonyl (C=O) groups excluding carboxylic acids is 1. The second kappa shape index (κ2) is 7.82. The number of rotatable bonds is 5. The molecule has 0 N–H and O–H groups in total. The average Bonchev–Trinajstić information content (AvgIpc) is 2.46. The van der Waals surface area contributed by atoms with E-state index in [4.69, 9.17) is 9.47 Å². The van der Waals surface area contributed by atoms with Gasteiger partial charge in [-0.1, -0.05) is 6.42 Å². The van der Waals surface area contributed by atoms with E-state index in [1.54, 1.807) is 0 Å². The van der Waals surface area contributed by atoms with Crippen molar-refractivity contribution in [1.29, 1.82) is 0 Å². The standard InChI is InChI=1S/C14H26N2O3/c1-18-14(17)11-13-12-16(9-10-19-13)8-7-15-5-3-2-4-6-15/h13H,2-12H2,1H3/t13-/m1/s1. The maximum absolute atomic E-state index is 11.3. The SMILES string of the molecule is COC(=O)C[C@@H]1CN(CCN2CCCCC2)CCO1. The van der Waals surface area contributed by atoms with Crippen LogP contribution in [0, 0.1) is 0 Å². The Bertz CT molecular complexity index is 280. The Morgan fingerprint density at radius 1 is 1.16 bits per heavy atom. The Morgan fingerprint density at radius 2 is 1.89 bits per heavy atom. The maximum Gasteiger partial charge on any atom is 0.308 e. The molecular weight excluding hydrogens is 244 g/mol. The molecule has 2 aliphatic heterocycles. The summed E-state index contributed by atoms with van der Waals surface area (Å²) in [4.78, 5) is 16.2. The Balaban J connectivity index is 1.67. The number of likely N-dealkylation sites (tertiary alicyclic amines) is 1. The maximum atomic E-state index is 11.3. The fourth-order valence-electron chi connectivity index (χ4n) is 2.84. The number of morpholine rings is 1. The van der Waals surface area contributed by atoms with Gasteiger partial charge in [-0.2, -0.15) is 0 Å². The molecule has 2 rings (SSSR count). The molecule has 19 heavy (non-hydrogen) atoms. The Morgan fingerprint density at radius 3 is 2.63 bits per heavy atom. The van der Waals surface area contributed by atoms with Gasteiger partial charge in [0.15, 0.2) is 0 Å². The lowest BCUT2D eigenvalue weighted by Gasteiger charge is -2.34. The molecule has 1 atom stereocenters. The first-order chi connectivity index (χ1) is 9.28. The number of hydrogen-bond donors (Lipinski definition) is 0. The van der Waals surface area contributed by atoms with Crippen LogP contribution in [-0.2, 0) is 14.3 Å². The second-order valence-electron chi connectivity index (χ2n) is 5.48. The van der Waals surface area contributed by atoms with Gasteiger partial charge >= 0.3 is 5.97 Å². The molecule has 2 saturated heterocycles. The molecular formula is C14H26N2O3. The van der Waals surface area contributed by atoms with E-state index in [1.807, 2.05) is 0 Å². The zero-order chi connectivity index (χ0) is 13.5. The quantitative estimate of drug-likeness (QED) is 0.689. The minimum atomic E-state index is -0.178. The van der Waals surface area contributed by atoms with Gasteiger partial charge in [0.1, 0.15) is 0 Å². The van der Waals surface area contributed by atoms with Crippen molar-refractivity contribution in [3.05, 3.63) is 0 Å². The van der Waals surface area contributed by atoms with Crippen molar-refractivity contribution < 1.29 is 14.3 Å². The topological polar surface area (TPSA) is 42.0 Å². The summed E-state index contributed by atoms with van der Waals surface area (Å²) in [6.45, 7) is 7.27. The fourth-order valence-corrected chi connectivity index (χ4v) is 2.84. The molecule has 2 heterocycles. The molecule has 5 heteroatoms. The molecule has 0 aliphatic carbocycles. The van der Waals surface area contributed by atoms with Crippen LogP contribution in [0.1, 0.15) is 25.7 Å². The molecule has 110 valence electrons. The monoisotopic (exact) mass is 270 g/mol. The van der Waals surface area contributed by atoms with Crippen molar-refractivity contribution >= 4 is 5.97 Å². The first kappa shape index (κ1) is 14.8. The average molecular weight is 270 g/mol. The number of piperidine rings is 1. The van der Waals surface area contributed by atoms with Gasteiger partial charge in [0.2, 0.25) is 0 Å². The minimum Gasteiger partial charge on any atom is -0.469 e. The number of carbonyl (C=O) groups is 1. The molecule has 5 nitrogen and oxygen atoms in total. The van der Waals surface area contributed by atoms with Crippen molar-refractivity contribution in [1.82, 2.24) is 9.80 Å². The van der Waals surface area contributed by atoms with Crippen LogP contribution < -0.4 is 0 Å². The highest BCUT2D eigenvalue weighted by Gasteiger charge is 2.23. The summed E-state index contributed by atoms with van der Waals surface area (Å²) in [5.74, 6) is -0.178. The fraction of sp³-hybridized carbons (Fsp3) is 0.929. The molecule has 0 spiro atoms. The Labute approximate surface area is 115 Å². The van der Waals surface area contributed by atoms with E-state index in [0.29, 0.717) is 6.42 Å². The molecule has 0 aromatic carbocycles. The van der Waals surface area contributed by atoms with Crippen molar-refractivity contribution in [2.45, 2.75) is 31.8 Å². The van der Waals surface area contributed by atoms with Gasteiger partial charge in [-0.05, 0) is 25.9 Å². The number of hydrogen-bond acceptors (Lipinski definition) is 5. The highest BCUT2D eigenvalue weighted by Crippen LogP contribution is 2.11. The molecule has 0 bridgehead atoms. The predicted molar refractivity (Wildman–Crippen MR) is 73.1 cm³/mol. The van der Waals surface area contributed by atoms with Gasteiger partial charge in [-0.3, -0.25) is 9.69 Å².